The van der Waals surface area contributed by atoms with E-state index in [0.29, 0.717) is 17.4 Å². The van der Waals surface area contributed by atoms with Gasteiger partial charge in [-0.2, -0.15) is 4.31 Å². The first kappa shape index (κ1) is 24.5. The molecule has 0 spiro atoms. The molecule has 1 heterocycles. The summed E-state index contributed by atoms with van der Waals surface area (Å²) < 4.78 is 27.6. The van der Waals surface area contributed by atoms with Crippen LogP contribution in [0, 0.1) is 0 Å². The zero-order chi connectivity index (χ0) is 23.1. The van der Waals surface area contributed by atoms with Gasteiger partial charge in [0.1, 0.15) is 6.04 Å². The van der Waals surface area contributed by atoms with Crippen LogP contribution in [-0.4, -0.2) is 68.3 Å². The molecule has 2 fully saturated rings. The quantitative estimate of drug-likeness (QED) is 0.648. The largest absolute Gasteiger partial charge is 0.354 e. The van der Waals surface area contributed by atoms with Crippen molar-refractivity contribution in [2.24, 2.45) is 0 Å². The van der Waals surface area contributed by atoms with Crippen molar-refractivity contribution >= 4 is 22.0 Å². The second-order valence-corrected chi connectivity index (χ2v) is 10.7. The molecular weight excluding hydrogens is 428 g/mol. The average Bonchev–Trinajstić information content (AvgIpc) is 2.83. The maximum absolute atomic E-state index is 13.1. The molecule has 3 amide bonds. The van der Waals surface area contributed by atoms with Gasteiger partial charge in [-0.15, -0.1) is 0 Å². The van der Waals surface area contributed by atoms with E-state index in [9.17, 15) is 18.0 Å². The fourth-order valence-corrected chi connectivity index (χ4v) is 5.79. The van der Waals surface area contributed by atoms with E-state index in [0.717, 1.165) is 6.42 Å². The number of amides is 3. The summed E-state index contributed by atoms with van der Waals surface area (Å²) >= 11 is 0. The number of carbonyl (C=O) groups is 2. The normalized spacial score (nSPS) is 19.4. The van der Waals surface area contributed by atoms with Gasteiger partial charge in [0.2, 0.25) is 15.9 Å². The molecule has 178 valence electrons. The number of hydrogen-bond acceptors (Lipinski definition) is 4. The van der Waals surface area contributed by atoms with Crippen LogP contribution in [0.3, 0.4) is 0 Å². The van der Waals surface area contributed by atoms with Crippen LogP contribution in [0.15, 0.2) is 29.2 Å². The predicted octanol–water partition coefficient (Wildman–Crippen LogP) is 2.66. The van der Waals surface area contributed by atoms with E-state index in [1.165, 1.54) is 42.0 Å². The highest BCUT2D eigenvalue weighted by Crippen LogP contribution is 2.33. The topological polar surface area (TPSA) is 98.8 Å². The van der Waals surface area contributed by atoms with Crippen LogP contribution in [0.1, 0.15) is 63.9 Å². The highest BCUT2D eigenvalue weighted by atomic mass is 32.2. The van der Waals surface area contributed by atoms with E-state index in [1.54, 1.807) is 24.0 Å². The Hall–Kier alpha value is -2.13. The summed E-state index contributed by atoms with van der Waals surface area (Å²) in [5.74, 6) is 0.312. The minimum Gasteiger partial charge on any atom is -0.354 e. The van der Waals surface area contributed by atoms with Crippen molar-refractivity contribution in [2.75, 3.05) is 32.7 Å². The number of rotatable bonds is 7. The lowest BCUT2D eigenvalue weighted by Gasteiger charge is -2.34. The predicted molar refractivity (Wildman–Crippen MR) is 124 cm³/mol. The smallest absolute Gasteiger partial charge is 0.318 e. The van der Waals surface area contributed by atoms with Crippen LogP contribution in [0.4, 0.5) is 4.79 Å². The summed E-state index contributed by atoms with van der Waals surface area (Å²) in [5.41, 5.74) is 1.22. The first-order valence-electron chi connectivity index (χ1n) is 11.8. The van der Waals surface area contributed by atoms with Gasteiger partial charge in [0.25, 0.3) is 0 Å². The van der Waals surface area contributed by atoms with Crippen LogP contribution < -0.4 is 10.6 Å². The Balaban J connectivity index is 1.53. The third-order valence-electron chi connectivity index (χ3n) is 6.40. The molecule has 0 radical (unpaired) electrons. The van der Waals surface area contributed by atoms with Crippen LogP contribution in [0.5, 0.6) is 0 Å². The van der Waals surface area contributed by atoms with E-state index >= 15 is 0 Å². The minimum atomic E-state index is -3.59. The number of carbonyl (C=O) groups excluding carboxylic acids is 2. The van der Waals surface area contributed by atoms with Gasteiger partial charge in [-0.05, 0) is 49.8 Å². The average molecular weight is 465 g/mol. The molecule has 0 aromatic heterocycles. The fraction of sp³-hybridized carbons (Fsp3) is 0.652. The van der Waals surface area contributed by atoms with Gasteiger partial charge in [0.05, 0.1) is 4.90 Å². The molecule has 2 N–H and O–H groups in total. The molecule has 1 aromatic rings. The van der Waals surface area contributed by atoms with Crippen LogP contribution in [0.2, 0.25) is 0 Å². The molecule has 1 aliphatic heterocycles. The number of benzene rings is 1. The summed E-state index contributed by atoms with van der Waals surface area (Å²) in [6.07, 6.45) is 6.95. The molecule has 3 rings (SSSR count). The van der Waals surface area contributed by atoms with E-state index in [2.05, 4.69) is 10.6 Å². The molecule has 1 aromatic carbocycles. The number of urea groups is 1. The third kappa shape index (κ3) is 6.01. The summed E-state index contributed by atoms with van der Waals surface area (Å²) in [6, 6.07) is 6.36. The Bertz CT molecular complexity index is 874. The van der Waals surface area contributed by atoms with E-state index in [4.69, 9.17) is 0 Å². The zero-order valence-corrected chi connectivity index (χ0v) is 20.0. The number of piperazine rings is 1. The van der Waals surface area contributed by atoms with Crippen molar-refractivity contribution in [3.05, 3.63) is 29.8 Å². The summed E-state index contributed by atoms with van der Waals surface area (Å²) in [7, 11) is -3.59. The molecule has 1 saturated carbocycles. The van der Waals surface area contributed by atoms with Gasteiger partial charge in [-0.3, -0.25) is 4.79 Å². The number of hydrogen-bond donors (Lipinski definition) is 2. The lowest BCUT2D eigenvalue weighted by Crippen LogP contribution is -2.56. The molecule has 32 heavy (non-hydrogen) atoms. The zero-order valence-electron chi connectivity index (χ0n) is 19.2. The molecule has 0 bridgehead atoms. The molecule has 1 unspecified atom stereocenters. The minimum absolute atomic E-state index is 0.224. The standard InChI is InChI=1S/C23H36N4O4S/c1-3-13-24-22(28)18(2)25-23(29)26-14-16-27(17-15-26)32(30,31)21-11-9-20(10-12-21)19-7-5-4-6-8-19/h9-12,18-19H,3-8,13-17H2,1-2H3,(H,24,28)(H,25,29). The first-order chi connectivity index (χ1) is 15.3. The van der Waals surface area contributed by atoms with Crippen molar-refractivity contribution < 1.29 is 18.0 Å². The Kier molecular flexibility index (Phi) is 8.53. The summed E-state index contributed by atoms with van der Waals surface area (Å²) in [4.78, 5) is 26.3. The van der Waals surface area contributed by atoms with Gasteiger partial charge in [-0.25, -0.2) is 13.2 Å². The molecular formula is C23H36N4O4S. The van der Waals surface area contributed by atoms with E-state index in [-0.39, 0.29) is 38.1 Å². The highest BCUT2D eigenvalue weighted by molar-refractivity contribution is 7.89. The van der Waals surface area contributed by atoms with Crippen molar-refractivity contribution in [3.8, 4) is 0 Å². The Labute approximate surface area is 191 Å². The lowest BCUT2D eigenvalue weighted by atomic mass is 9.84. The van der Waals surface area contributed by atoms with Crippen molar-refractivity contribution in [2.45, 2.75) is 69.2 Å². The maximum Gasteiger partial charge on any atom is 0.318 e. The highest BCUT2D eigenvalue weighted by Gasteiger charge is 2.31. The van der Waals surface area contributed by atoms with Gasteiger partial charge in [0, 0.05) is 32.7 Å². The monoisotopic (exact) mass is 464 g/mol. The maximum atomic E-state index is 13.1. The SMILES string of the molecule is CCCNC(=O)C(C)NC(=O)N1CCN(S(=O)(=O)c2ccc(C3CCCCC3)cc2)CC1. The van der Waals surface area contributed by atoms with Gasteiger partial charge < -0.3 is 15.5 Å². The van der Waals surface area contributed by atoms with Gasteiger partial charge >= 0.3 is 6.03 Å². The summed E-state index contributed by atoms with van der Waals surface area (Å²) in [6.45, 7) is 5.20. The lowest BCUT2D eigenvalue weighted by molar-refractivity contribution is -0.122. The molecule has 1 aliphatic carbocycles. The molecule has 1 atom stereocenters. The van der Waals surface area contributed by atoms with Crippen LogP contribution >= 0.6 is 0 Å². The number of nitrogens with zero attached hydrogens (tertiary/aromatic N) is 2. The number of sulfonamides is 1. The Morgan fingerprint density at radius 3 is 2.25 bits per heavy atom. The third-order valence-corrected chi connectivity index (χ3v) is 8.32. The first-order valence-corrected chi connectivity index (χ1v) is 13.2. The van der Waals surface area contributed by atoms with Gasteiger partial charge in [-0.1, -0.05) is 38.3 Å². The van der Waals surface area contributed by atoms with E-state index < -0.39 is 16.1 Å². The van der Waals surface area contributed by atoms with E-state index in [1.807, 2.05) is 19.1 Å². The molecule has 9 heteroatoms. The molecule has 8 nitrogen and oxygen atoms in total. The van der Waals surface area contributed by atoms with Gasteiger partial charge in [0.15, 0.2) is 0 Å². The van der Waals surface area contributed by atoms with Crippen LogP contribution in [0.25, 0.3) is 0 Å². The van der Waals surface area contributed by atoms with Crippen molar-refractivity contribution in [3.63, 3.8) is 0 Å². The molecule has 2 aliphatic rings. The van der Waals surface area contributed by atoms with Crippen molar-refractivity contribution in [1.29, 1.82) is 0 Å². The Morgan fingerprint density at radius 1 is 1.03 bits per heavy atom. The van der Waals surface area contributed by atoms with Crippen LogP contribution in [-0.2, 0) is 14.8 Å². The second kappa shape index (κ2) is 11.1. The fourth-order valence-electron chi connectivity index (χ4n) is 4.37. The summed E-state index contributed by atoms with van der Waals surface area (Å²) in [5, 5.41) is 5.44. The number of nitrogens with one attached hydrogen (secondary N) is 2. The molecule has 1 saturated heterocycles. The van der Waals surface area contributed by atoms with Crippen molar-refractivity contribution in [1.82, 2.24) is 19.8 Å². The second-order valence-electron chi connectivity index (χ2n) is 8.76. The Morgan fingerprint density at radius 2 is 1.66 bits per heavy atom.